The summed E-state index contributed by atoms with van der Waals surface area (Å²) in [5.74, 6) is 0.771. The molecule has 0 radical (unpaired) electrons. The van der Waals surface area contributed by atoms with Gasteiger partial charge in [-0.15, -0.1) is 0 Å². The summed E-state index contributed by atoms with van der Waals surface area (Å²) < 4.78 is 17.2. The number of hydrogen-bond acceptors (Lipinski definition) is 3. The van der Waals surface area contributed by atoms with Crippen LogP contribution in [0.1, 0.15) is 20.3 Å². The molecular weight excluding hydrogens is 222 g/mol. The zero-order valence-electron chi connectivity index (χ0n) is 9.97. The van der Waals surface area contributed by atoms with Crippen LogP contribution in [0.25, 0.3) is 0 Å². The van der Waals surface area contributed by atoms with Crippen LogP contribution in [0.15, 0.2) is 29.2 Å². The van der Waals surface area contributed by atoms with Gasteiger partial charge in [-0.25, -0.2) is 0 Å². The molecule has 16 heavy (non-hydrogen) atoms. The van der Waals surface area contributed by atoms with Crippen LogP contribution in [-0.2, 0) is 10.8 Å². The molecule has 1 rings (SSSR count). The molecule has 4 heteroatoms. The van der Waals surface area contributed by atoms with Gasteiger partial charge in [0.05, 0.1) is 23.2 Å². The number of benzene rings is 1. The van der Waals surface area contributed by atoms with Gasteiger partial charge in [0.1, 0.15) is 5.75 Å². The summed E-state index contributed by atoms with van der Waals surface area (Å²) in [6.45, 7) is 3.93. The Morgan fingerprint density at radius 1 is 1.38 bits per heavy atom. The molecule has 0 heterocycles. The van der Waals surface area contributed by atoms with E-state index in [4.69, 9.17) is 10.5 Å². The van der Waals surface area contributed by atoms with Gasteiger partial charge in [0.2, 0.25) is 0 Å². The van der Waals surface area contributed by atoms with Crippen molar-refractivity contribution in [3.63, 3.8) is 0 Å². The number of ether oxygens (including phenoxy) is 1. The lowest BCUT2D eigenvalue weighted by Crippen LogP contribution is -2.34. The minimum Gasteiger partial charge on any atom is -0.497 e. The average molecular weight is 241 g/mol. The molecule has 0 saturated carbocycles. The minimum atomic E-state index is -1.05. The van der Waals surface area contributed by atoms with Gasteiger partial charge >= 0.3 is 0 Å². The highest BCUT2D eigenvalue weighted by Crippen LogP contribution is 2.18. The highest BCUT2D eigenvalue weighted by molar-refractivity contribution is 7.85. The second-order valence-electron chi connectivity index (χ2n) is 3.75. The van der Waals surface area contributed by atoms with Crippen molar-refractivity contribution in [2.45, 2.75) is 36.5 Å². The summed E-state index contributed by atoms with van der Waals surface area (Å²) in [5.41, 5.74) is 5.89. The molecule has 0 aliphatic heterocycles. The second kappa shape index (κ2) is 6.01. The first-order chi connectivity index (χ1) is 7.60. The van der Waals surface area contributed by atoms with Crippen LogP contribution >= 0.6 is 0 Å². The van der Waals surface area contributed by atoms with Crippen molar-refractivity contribution in [3.8, 4) is 5.75 Å². The molecule has 90 valence electrons. The molecule has 0 aliphatic rings. The predicted molar refractivity (Wildman–Crippen MR) is 67.1 cm³/mol. The molecular formula is C12H19NO2S. The molecule has 0 spiro atoms. The van der Waals surface area contributed by atoms with Crippen molar-refractivity contribution in [1.82, 2.24) is 0 Å². The zero-order valence-corrected chi connectivity index (χ0v) is 10.8. The Morgan fingerprint density at radius 2 is 1.94 bits per heavy atom. The Balaban J connectivity index is 2.80. The van der Waals surface area contributed by atoms with Crippen molar-refractivity contribution < 1.29 is 8.95 Å². The maximum atomic E-state index is 12.1. The Hall–Kier alpha value is -0.870. The van der Waals surface area contributed by atoms with Crippen molar-refractivity contribution in [3.05, 3.63) is 24.3 Å². The SMILES string of the molecule is CCC(N)C(C)S(=O)c1ccc(OC)cc1. The fourth-order valence-corrected chi connectivity index (χ4v) is 2.76. The van der Waals surface area contributed by atoms with Crippen molar-refractivity contribution in [2.24, 2.45) is 5.73 Å². The first kappa shape index (κ1) is 13.2. The molecule has 1 aromatic carbocycles. The normalized spacial score (nSPS) is 16.5. The minimum absolute atomic E-state index is 0.0251. The third kappa shape index (κ3) is 3.06. The van der Waals surface area contributed by atoms with Gasteiger partial charge in [0.25, 0.3) is 0 Å². The second-order valence-corrected chi connectivity index (χ2v) is 5.56. The zero-order chi connectivity index (χ0) is 12.1. The maximum absolute atomic E-state index is 12.1. The average Bonchev–Trinajstić information content (AvgIpc) is 2.36. The van der Waals surface area contributed by atoms with E-state index in [1.807, 2.05) is 38.1 Å². The molecule has 2 N–H and O–H groups in total. The molecule has 3 nitrogen and oxygen atoms in total. The summed E-state index contributed by atoms with van der Waals surface area (Å²) in [5, 5.41) is -0.0293. The number of methoxy groups -OCH3 is 1. The molecule has 3 atom stereocenters. The fourth-order valence-electron chi connectivity index (χ4n) is 1.42. The molecule has 0 bridgehead atoms. The van der Waals surface area contributed by atoms with E-state index in [1.165, 1.54) is 0 Å². The highest BCUT2D eigenvalue weighted by Gasteiger charge is 2.19. The number of nitrogens with two attached hydrogens (primary N) is 1. The Labute approximate surface area is 99.4 Å². The topological polar surface area (TPSA) is 52.3 Å². The van der Waals surface area contributed by atoms with Gasteiger partial charge in [-0.05, 0) is 37.6 Å². The molecule has 0 fully saturated rings. The summed E-state index contributed by atoms with van der Waals surface area (Å²) in [7, 11) is 0.564. The standard InChI is InChI=1S/C12H19NO2S/c1-4-12(13)9(2)16(14)11-7-5-10(15-3)6-8-11/h5-9,12H,4,13H2,1-3H3. The highest BCUT2D eigenvalue weighted by atomic mass is 32.2. The molecule has 1 aromatic rings. The Kier molecular flexibility index (Phi) is 4.96. The van der Waals surface area contributed by atoms with Gasteiger partial charge in [-0.1, -0.05) is 6.92 Å². The van der Waals surface area contributed by atoms with Crippen molar-refractivity contribution in [1.29, 1.82) is 0 Å². The molecule has 3 unspecified atom stereocenters. The first-order valence-electron chi connectivity index (χ1n) is 5.40. The van der Waals surface area contributed by atoms with E-state index in [0.29, 0.717) is 0 Å². The van der Waals surface area contributed by atoms with Crippen LogP contribution in [0.2, 0.25) is 0 Å². The number of rotatable bonds is 5. The van der Waals surface area contributed by atoms with Crippen LogP contribution < -0.4 is 10.5 Å². The lowest BCUT2D eigenvalue weighted by molar-refractivity contribution is 0.414. The van der Waals surface area contributed by atoms with Gasteiger partial charge in [-0.3, -0.25) is 4.21 Å². The van der Waals surface area contributed by atoms with Crippen molar-refractivity contribution >= 4 is 10.8 Å². The molecule has 0 amide bonds. The summed E-state index contributed by atoms with van der Waals surface area (Å²) in [4.78, 5) is 0.803. The lowest BCUT2D eigenvalue weighted by Gasteiger charge is -2.17. The molecule has 0 aliphatic carbocycles. The summed E-state index contributed by atoms with van der Waals surface area (Å²) in [6.07, 6.45) is 0.836. The quantitative estimate of drug-likeness (QED) is 0.857. The van der Waals surface area contributed by atoms with E-state index in [0.717, 1.165) is 17.1 Å². The van der Waals surface area contributed by atoms with Gasteiger partial charge in [-0.2, -0.15) is 0 Å². The van der Waals surface area contributed by atoms with Crippen LogP contribution in [0, 0.1) is 0 Å². The maximum Gasteiger partial charge on any atom is 0.118 e. The van der Waals surface area contributed by atoms with Crippen LogP contribution in [-0.4, -0.2) is 22.6 Å². The van der Waals surface area contributed by atoms with Crippen molar-refractivity contribution in [2.75, 3.05) is 7.11 Å². The van der Waals surface area contributed by atoms with E-state index in [1.54, 1.807) is 7.11 Å². The first-order valence-corrected chi connectivity index (χ1v) is 6.61. The van der Waals surface area contributed by atoms with E-state index >= 15 is 0 Å². The van der Waals surface area contributed by atoms with Gasteiger partial charge < -0.3 is 10.5 Å². The van der Waals surface area contributed by atoms with Gasteiger partial charge in [0, 0.05) is 10.9 Å². The number of hydrogen-bond donors (Lipinski definition) is 1. The van der Waals surface area contributed by atoms with Gasteiger partial charge in [0.15, 0.2) is 0 Å². The van der Waals surface area contributed by atoms with E-state index in [-0.39, 0.29) is 11.3 Å². The van der Waals surface area contributed by atoms with E-state index in [2.05, 4.69) is 0 Å². The third-order valence-corrected chi connectivity index (χ3v) is 4.47. The van der Waals surface area contributed by atoms with E-state index < -0.39 is 10.8 Å². The monoisotopic (exact) mass is 241 g/mol. The molecule has 0 aromatic heterocycles. The summed E-state index contributed by atoms with van der Waals surface area (Å²) >= 11 is 0. The van der Waals surface area contributed by atoms with Crippen LogP contribution in [0.5, 0.6) is 5.75 Å². The summed E-state index contributed by atoms with van der Waals surface area (Å²) in [6, 6.07) is 7.26. The Morgan fingerprint density at radius 3 is 2.38 bits per heavy atom. The van der Waals surface area contributed by atoms with Crippen LogP contribution in [0.4, 0.5) is 0 Å². The Bertz CT molecular complexity index is 351. The lowest BCUT2D eigenvalue weighted by atomic mass is 10.2. The van der Waals surface area contributed by atoms with E-state index in [9.17, 15) is 4.21 Å². The molecule has 0 saturated heterocycles. The third-order valence-electron chi connectivity index (χ3n) is 2.70. The smallest absolute Gasteiger partial charge is 0.118 e. The largest absolute Gasteiger partial charge is 0.497 e. The van der Waals surface area contributed by atoms with Crippen LogP contribution in [0.3, 0.4) is 0 Å². The predicted octanol–water partition coefficient (Wildman–Crippen LogP) is 1.93. The fraction of sp³-hybridized carbons (Fsp3) is 0.500.